The number of benzene rings is 1. The fourth-order valence-corrected chi connectivity index (χ4v) is 1.45. The summed E-state index contributed by atoms with van der Waals surface area (Å²) >= 11 is 0. The molecule has 0 aliphatic rings. The van der Waals surface area contributed by atoms with Crippen LogP contribution < -0.4 is 0 Å². The SMILES string of the molecule is C=C(C)C(=O)c1ccc(CCCC)cc1. The molecule has 1 heteroatoms. The summed E-state index contributed by atoms with van der Waals surface area (Å²) in [7, 11) is 0. The lowest BCUT2D eigenvalue weighted by molar-refractivity contribution is 0.103. The molecular formula is C14H18O. The van der Waals surface area contributed by atoms with E-state index in [1.807, 2.05) is 24.3 Å². The smallest absolute Gasteiger partial charge is 0.188 e. The van der Waals surface area contributed by atoms with Gasteiger partial charge in [0.05, 0.1) is 0 Å². The maximum absolute atomic E-state index is 11.6. The lowest BCUT2D eigenvalue weighted by Gasteiger charge is -2.02. The predicted octanol–water partition coefficient (Wildman–Crippen LogP) is 3.79. The number of ketones is 1. The number of hydrogen-bond donors (Lipinski definition) is 0. The molecule has 80 valence electrons. The second-order valence-electron chi connectivity index (χ2n) is 3.91. The van der Waals surface area contributed by atoms with Crippen molar-refractivity contribution in [1.29, 1.82) is 0 Å². The van der Waals surface area contributed by atoms with Crippen LogP contribution in [0.25, 0.3) is 0 Å². The Hall–Kier alpha value is -1.37. The third-order valence-electron chi connectivity index (χ3n) is 2.42. The quantitative estimate of drug-likeness (QED) is 0.524. The number of carbonyl (C=O) groups is 1. The molecule has 15 heavy (non-hydrogen) atoms. The first-order valence-electron chi connectivity index (χ1n) is 5.44. The van der Waals surface area contributed by atoms with Crippen molar-refractivity contribution in [2.45, 2.75) is 33.1 Å². The van der Waals surface area contributed by atoms with Crippen LogP contribution in [0.5, 0.6) is 0 Å². The van der Waals surface area contributed by atoms with E-state index in [1.165, 1.54) is 18.4 Å². The average Bonchev–Trinajstić information content (AvgIpc) is 2.26. The Morgan fingerprint density at radius 2 is 1.87 bits per heavy atom. The highest BCUT2D eigenvalue weighted by molar-refractivity contribution is 6.07. The van der Waals surface area contributed by atoms with Gasteiger partial charge in [0.2, 0.25) is 0 Å². The lowest BCUT2D eigenvalue weighted by atomic mass is 10.0. The molecule has 0 aliphatic heterocycles. The molecule has 0 atom stereocenters. The van der Waals surface area contributed by atoms with E-state index in [4.69, 9.17) is 0 Å². The zero-order valence-electron chi connectivity index (χ0n) is 9.55. The summed E-state index contributed by atoms with van der Waals surface area (Å²) in [6.45, 7) is 7.58. The minimum atomic E-state index is 0.0389. The van der Waals surface area contributed by atoms with E-state index in [-0.39, 0.29) is 5.78 Å². The highest BCUT2D eigenvalue weighted by atomic mass is 16.1. The molecule has 0 saturated carbocycles. The first kappa shape index (κ1) is 11.7. The van der Waals surface area contributed by atoms with E-state index in [1.54, 1.807) is 6.92 Å². The Morgan fingerprint density at radius 1 is 1.27 bits per heavy atom. The summed E-state index contributed by atoms with van der Waals surface area (Å²) in [6, 6.07) is 7.85. The van der Waals surface area contributed by atoms with Crippen molar-refractivity contribution in [2.24, 2.45) is 0 Å². The number of aryl methyl sites for hydroxylation is 1. The third kappa shape index (κ3) is 3.35. The van der Waals surface area contributed by atoms with Crippen molar-refractivity contribution in [3.8, 4) is 0 Å². The Balaban J connectivity index is 2.72. The Morgan fingerprint density at radius 3 is 2.33 bits per heavy atom. The molecule has 0 saturated heterocycles. The maximum Gasteiger partial charge on any atom is 0.188 e. The van der Waals surface area contributed by atoms with Gasteiger partial charge in [-0.25, -0.2) is 0 Å². The van der Waals surface area contributed by atoms with Gasteiger partial charge in [-0.3, -0.25) is 4.79 Å². The van der Waals surface area contributed by atoms with Gasteiger partial charge < -0.3 is 0 Å². The average molecular weight is 202 g/mol. The first-order valence-corrected chi connectivity index (χ1v) is 5.44. The standard InChI is InChI=1S/C14H18O/c1-4-5-6-12-7-9-13(10-8-12)14(15)11(2)3/h7-10H,2,4-6H2,1,3H3. The normalized spacial score (nSPS) is 10.0. The molecule has 1 rings (SSSR count). The monoisotopic (exact) mass is 202 g/mol. The summed E-state index contributed by atoms with van der Waals surface area (Å²) in [5, 5.41) is 0. The highest BCUT2D eigenvalue weighted by Crippen LogP contribution is 2.10. The van der Waals surface area contributed by atoms with Crippen LogP contribution in [0.4, 0.5) is 0 Å². The molecule has 1 aromatic rings. The summed E-state index contributed by atoms with van der Waals surface area (Å²) in [5.41, 5.74) is 2.63. The predicted molar refractivity (Wildman–Crippen MR) is 64.2 cm³/mol. The minimum absolute atomic E-state index is 0.0389. The van der Waals surface area contributed by atoms with Crippen molar-refractivity contribution >= 4 is 5.78 Å². The maximum atomic E-state index is 11.6. The van der Waals surface area contributed by atoms with Gasteiger partial charge in [0, 0.05) is 5.56 Å². The summed E-state index contributed by atoms with van der Waals surface area (Å²) in [4.78, 5) is 11.6. The first-order chi connectivity index (χ1) is 7.15. The van der Waals surface area contributed by atoms with Crippen LogP contribution in [0.1, 0.15) is 42.6 Å². The van der Waals surface area contributed by atoms with Crippen molar-refractivity contribution in [3.63, 3.8) is 0 Å². The number of carbonyl (C=O) groups excluding carboxylic acids is 1. The van der Waals surface area contributed by atoms with E-state index >= 15 is 0 Å². The Bertz CT molecular complexity index is 346. The van der Waals surface area contributed by atoms with E-state index < -0.39 is 0 Å². The number of hydrogen-bond acceptors (Lipinski definition) is 1. The molecule has 0 aromatic heterocycles. The van der Waals surface area contributed by atoms with Gasteiger partial charge in [0.25, 0.3) is 0 Å². The van der Waals surface area contributed by atoms with E-state index in [2.05, 4.69) is 13.5 Å². The number of rotatable bonds is 5. The lowest BCUT2D eigenvalue weighted by Crippen LogP contribution is -1.99. The van der Waals surface area contributed by atoms with Gasteiger partial charge in [0.15, 0.2) is 5.78 Å². The molecule has 1 aromatic carbocycles. The highest BCUT2D eigenvalue weighted by Gasteiger charge is 2.05. The topological polar surface area (TPSA) is 17.1 Å². The fourth-order valence-electron chi connectivity index (χ4n) is 1.45. The Kier molecular flexibility index (Phi) is 4.29. The van der Waals surface area contributed by atoms with E-state index in [0.29, 0.717) is 5.57 Å². The second-order valence-corrected chi connectivity index (χ2v) is 3.91. The van der Waals surface area contributed by atoms with E-state index in [0.717, 1.165) is 12.0 Å². The molecule has 0 amide bonds. The molecule has 0 bridgehead atoms. The zero-order chi connectivity index (χ0) is 11.3. The Labute approximate surface area is 91.8 Å². The van der Waals surface area contributed by atoms with Crippen LogP contribution in [-0.2, 0) is 6.42 Å². The van der Waals surface area contributed by atoms with Gasteiger partial charge in [-0.2, -0.15) is 0 Å². The van der Waals surface area contributed by atoms with Gasteiger partial charge in [-0.1, -0.05) is 44.2 Å². The third-order valence-corrected chi connectivity index (χ3v) is 2.42. The van der Waals surface area contributed by atoms with Crippen molar-refractivity contribution in [2.75, 3.05) is 0 Å². The van der Waals surface area contributed by atoms with Crippen molar-refractivity contribution in [3.05, 3.63) is 47.5 Å². The summed E-state index contributed by atoms with van der Waals surface area (Å²) in [5.74, 6) is 0.0389. The van der Waals surface area contributed by atoms with Crippen LogP contribution in [0.3, 0.4) is 0 Å². The van der Waals surface area contributed by atoms with Crippen molar-refractivity contribution in [1.82, 2.24) is 0 Å². The summed E-state index contributed by atoms with van der Waals surface area (Å²) in [6.07, 6.45) is 3.50. The molecule has 0 N–H and O–H groups in total. The van der Waals surface area contributed by atoms with Crippen LogP contribution in [-0.4, -0.2) is 5.78 Å². The molecular weight excluding hydrogens is 184 g/mol. The minimum Gasteiger partial charge on any atom is -0.289 e. The van der Waals surface area contributed by atoms with Crippen LogP contribution in [0.2, 0.25) is 0 Å². The van der Waals surface area contributed by atoms with Gasteiger partial charge >= 0.3 is 0 Å². The molecule has 0 unspecified atom stereocenters. The van der Waals surface area contributed by atoms with Gasteiger partial charge in [-0.15, -0.1) is 0 Å². The largest absolute Gasteiger partial charge is 0.289 e. The molecule has 1 nitrogen and oxygen atoms in total. The number of unbranched alkanes of at least 4 members (excludes halogenated alkanes) is 1. The molecule has 0 heterocycles. The van der Waals surface area contributed by atoms with Crippen LogP contribution in [0.15, 0.2) is 36.4 Å². The zero-order valence-corrected chi connectivity index (χ0v) is 9.55. The second kappa shape index (κ2) is 5.50. The summed E-state index contributed by atoms with van der Waals surface area (Å²) < 4.78 is 0. The van der Waals surface area contributed by atoms with E-state index in [9.17, 15) is 4.79 Å². The van der Waals surface area contributed by atoms with Crippen LogP contribution in [0, 0.1) is 0 Å². The fraction of sp³-hybridized carbons (Fsp3) is 0.357. The molecule has 0 spiro atoms. The molecule has 0 fully saturated rings. The number of allylic oxidation sites excluding steroid dienone is 1. The molecule has 0 aliphatic carbocycles. The molecule has 0 radical (unpaired) electrons. The van der Waals surface area contributed by atoms with Gasteiger partial charge in [-0.05, 0) is 30.9 Å². The van der Waals surface area contributed by atoms with Crippen LogP contribution >= 0.6 is 0 Å². The number of Topliss-reactive ketones (excluding diaryl/α,β-unsaturated/α-hetero) is 1. The van der Waals surface area contributed by atoms with Gasteiger partial charge in [0.1, 0.15) is 0 Å². The van der Waals surface area contributed by atoms with Crippen molar-refractivity contribution < 1.29 is 4.79 Å².